The van der Waals surface area contributed by atoms with E-state index in [0.717, 1.165) is 34.3 Å². The fourth-order valence-electron chi connectivity index (χ4n) is 1.60. The number of hydrazine groups is 1. The van der Waals surface area contributed by atoms with Gasteiger partial charge in [0.05, 0.1) is 7.11 Å². The minimum Gasteiger partial charge on any atom is -0.496 e. The summed E-state index contributed by atoms with van der Waals surface area (Å²) in [4.78, 5) is 0. The van der Waals surface area contributed by atoms with Gasteiger partial charge in [-0.15, -0.1) is 0 Å². The van der Waals surface area contributed by atoms with Crippen LogP contribution in [0.15, 0.2) is 18.2 Å². The highest BCUT2D eigenvalue weighted by Gasteiger charge is 2.11. The molecule has 0 aliphatic carbocycles. The van der Waals surface area contributed by atoms with E-state index in [-0.39, 0.29) is 6.04 Å². The summed E-state index contributed by atoms with van der Waals surface area (Å²) in [6, 6.07) is 5.88. The third-order valence-corrected chi connectivity index (χ3v) is 3.75. The molecule has 0 saturated carbocycles. The summed E-state index contributed by atoms with van der Waals surface area (Å²) in [6.07, 6.45) is 0.813. The van der Waals surface area contributed by atoms with Crippen LogP contribution in [0.25, 0.3) is 0 Å². The molecule has 5 heteroatoms. The fourth-order valence-corrected chi connectivity index (χ4v) is 2.53. The van der Waals surface area contributed by atoms with Crippen molar-refractivity contribution in [3.63, 3.8) is 0 Å². The van der Waals surface area contributed by atoms with E-state index in [1.807, 2.05) is 30.0 Å². The van der Waals surface area contributed by atoms with Gasteiger partial charge in [-0.3, -0.25) is 11.3 Å². The van der Waals surface area contributed by atoms with Crippen molar-refractivity contribution in [1.29, 1.82) is 0 Å². The van der Waals surface area contributed by atoms with Gasteiger partial charge in [0.1, 0.15) is 5.75 Å². The normalized spacial score (nSPS) is 12.5. The summed E-state index contributed by atoms with van der Waals surface area (Å²) in [5.41, 5.74) is 3.92. The van der Waals surface area contributed by atoms with Crippen molar-refractivity contribution in [2.75, 3.05) is 18.6 Å². The van der Waals surface area contributed by atoms with Gasteiger partial charge in [-0.05, 0) is 35.9 Å². The Labute approximate surface area is 112 Å². The van der Waals surface area contributed by atoms with E-state index in [1.54, 1.807) is 7.11 Å². The molecule has 17 heavy (non-hydrogen) atoms. The Bertz CT molecular complexity index is 349. The molecule has 1 aromatic rings. The molecule has 0 aliphatic heterocycles. The van der Waals surface area contributed by atoms with Crippen molar-refractivity contribution in [2.45, 2.75) is 19.4 Å². The SMILES string of the molecule is CCSCC(Cc1cc(Cl)ccc1OC)NN. The Morgan fingerprint density at radius 3 is 2.88 bits per heavy atom. The number of methoxy groups -OCH3 is 1. The van der Waals surface area contributed by atoms with Gasteiger partial charge in [0.15, 0.2) is 0 Å². The van der Waals surface area contributed by atoms with Gasteiger partial charge in [-0.2, -0.15) is 11.8 Å². The Hall–Kier alpha value is -0.420. The van der Waals surface area contributed by atoms with Crippen molar-refractivity contribution < 1.29 is 4.74 Å². The van der Waals surface area contributed by atoms with Crippen LogP contribution < -0.4 is 16.0 Å². The Morgan fingerprint density at radius 1 is 1.53 bits per heavy atom. The molecule has 0 spiro atoms. The monoisotopic (exact) mass is 274 g/mol. The molecule has 1 unspecified atom stereocenters. The van der Waals surface area contributed by atoms with Crippen LogP contribution in [-0.4, -0.2) is 24.7 Å². The first-order valence-electron chi connectivity index (χ1n) is 5.57. The molecule has 3 N–H and O–H groups in total. The minimum atomic E-state index is 0.229. The highest BCUT2D eigenvalue weighted by atomic mass is 35.5. The van der Waals surface area contributed by atoms with E-state index in [4.69, 9.17) is 22.2 Å². The van der Waals surface area contributed by atoms with E-state index in [1.165, 1.54) is 0 Å². The number of benzene rings is 1. The number of hydrogen-bond acceptors (Lipinski definition) is 4. The smallest absolute Gasteiger partial charge is 0.122 e. The molecule has 0 aliphatic rings. The zero-order chi connectivity index (χ0) is 12.7. The molecule has 96 valence electrons. The molecular weight excluding hydrogens is 256 g/mol. The zero-order valence-corrected chi connectivity index (χ0v) is 11.8. The number of ether oxygens (including phenoxy) is 1. The molecule has 1 rings (SSSR count). The lowest BCUT2D eigenvalue weighted by Crippen LogP contribution is -2.38. The van der Waals surface area contributed by atoms with E-state index in [2.05, 4.69) is 12.3 Å². The van der Waals surface area contributed by atoms with Gasteiger partial charge in [0.25, 0.3) is 0 Å². The van der Waals surface area contributed by atoms with Crippen LogP contribution in [0.3, 0.4) is 0 Å². The van der Waals surface area contributed by atoms with Crippen LogP contribution in [0.4, 0.5) is 0 Å². The average molecular weight is 275 g/mol. The molecule has 0 amide bonds. The lowest BCUT2D eigenvalue weighted by molar-refractivity contribution is 0.406. The van der Waals surface area contributed by atoms with E-state index < -0.39 is 0 Å². The van der Waals surface area contributed by atoms with Gasteiger partial charge in [-0.25, -0.2) is 0 Å². The summed E-state index contributed by atoms with van der Waals surface area (Å²) in [5, 5.41) is 0.722. The van der Waals surface area contributed by atoms with Crippen molar-refractivity contribution >= 4 is 23.4 Å². The van der Waals surface area contributed by atoms with Crippen LogP contribution in [0, 0.1) is 0 Å². The summed E-state index contributed by atoms with van der Waals surface area (Å²) in [6.45, 7) is 2.14. The van der Waals surface area contributed by atoms with Crippen molar-refractivity contribution in [2.24, 2.45) is 5.84 Å². The first-order chi connectivity index (χ1) is 8.21. The second kappa shape index (κ2) is 7.82. The third kappa shape index (κ3) is 4.76. The van der Waals surface area contributed by atoms with E-state index >= 15 is 0 Å². The van der Waals surface area contributed by atoms with Crippen LogP contribution in [0.5, 0.6) is 5.75 Å². The van der Waals surface area contributed by atoms with Gasteiger partial charge in [0, 0.05) is 16.8 Å². The first-order valence-corrected chi connectivity index (χ1v) is 7.10. The van der Waals surface area contributed by atoms with Crippen LogP contribution >= 0.6 is 23.4 Å². The summed E-state index contributed by atoms with van der Waals surface area (Å²) >= 11 is 7.85. The van der Waals surface area contributed by atoms with Crippen molar-refractivity contribution in [3.05, 3.63) is 28.8 Å². The Balaban J connectivity index is 2.73. The number of nitrogens with one attached hydrogen (secondary N) is 1. The van der Waals surface area contributed by atoms with Crippen molar-refractivity contribution in [1.82, 2.24) is 5.43 Å². The minimum absolute atomic E-state index is 0.229. The molecule has 1 aromatic carbocycles. The molecule has 3 nitrogen and oxygen atoms in total. The topological polar surface area (TPSA) is 47.3 Å². The first kappa shape index (κ1) is 14.6. The van der Waals surface area contributed by atoms with Gasteiger partial charge >= 0.3 is 0 Å². The molecular formula is C12H19ClN2OS. The number of halogens is 1. The maximum absolute atomic E-state index is 5.99. The number of hydrogen-bond donors (Lipinski definition) is 2. The van der Waals surface area contributed by atoms with Crippen LogP contribution in [0.2, 0.25) is 5.02 Å². The second-order valence-corrected chi connectivity index (χ2v) is 5.44. The van der Waals surface area contributed by atoms with Crippen LogP contribution in [-0.2, 0) is 6.42 Å². The summed E-state index contributed by atoms with van der Waals surface area (Å²) < 4.78 is 5.32. The van der Waals surface area contributed by atoms with Crippen LogP contribution in [0.1, 0.15) is 12.5 Å². The maximum Gasteiger partial charge on any atom is 0.122 e. The maximum atomic E-state index is 5.99. The van der Waals surface area contributed by atoms with Crippen molar-refractivity contribution in [3.8, 4) is 5.75 Å². The quantitative estimate of drug-likeness (QED) is 0.592. The summed E-state index contributed by atoms with van der Waals surface area (Å²) in [7, 11) is 1.67. The average Bonchev–Trinajstić information content (AvgIpc) is 2.34. The number of nitrogens with two attached hydrogens (primary N) is 1. The second-order valence-electron chi connectivity index (χ2n) is 3.68. The molecule has 0 bridgehead atoms. The van der Waals surface area contributed by atoms with Gasteiger partial charge in [-0.1, -0.05) is 18.5 Å². The molecule has 0 saturated heterocycles. The highest BCUT2D eigenvalue weighted by Crippen LogP contribution is 2.24. The molecule has 0 fully saturated rings. The van der Waals surface area contributed by atoms with E-state index in [0.29, 0.717) is 0 Å². The van der Waals surface area contributed by atoms with Gasteiger partial charge in [0.2, 0.25) is 0 Å². The standard InChI is InChI=1S/C12H19ClN2OS/c1-3-17-8-11(15-14)7-9-6-10(13)4-5-12(9)16-2/h4-6,11,15H,3,7-8,14H2,1-2H3. The molecule has 1 atom stereocenters. The lowest BCUT2D eigenvalue weighted by atomic mass is 10.1. The largest absolute Gasteiger partial charge is 0.496 e. The third-order valence-electron chi connectivity index (χ3n) is 2.47. The number of thioether (sulfide) groups is 1. The predicted molar refractivity (Wildman–Crippen MR) is 75.8 cm³/mol. The Morgan fingerprint density at radius 2 is 2.29 bits per heavy atom. The molecule has 0 aromatic heterocycles. The highest BCUT2D eigenvalue weighted by molar-refractivity contribution is 7.99. The van der Waals surface area contributed by atoms with E-state index in [9.17, 15) is 0 Å². The Kier molecular flexibility index (Phi) is 6.73. The number of rotatable bonds is 7. The fraction of sp³-hybridized carbons (Fsp3) is 0.500. The molecule has 0 radical (unpaired) electrons. The van der Waals surface area contributed by atoms with Gasteiger partial charge < -0.3 is 4.74 Å². The molecule has 0 heterocycles. The lowest BCUT2D eigenvalue weighted by Gasteiger charge is -2.17. The zero-order valence-electron chi connectivity index (χ0n) is 10.2. The summed E-state index contributed by atoms with van der Waals surface area (Å²) in [5.74, 6) is 8.47. The predicted octanol–water partition coefficient (Wildman–Crippen LogP) is 2.48.